The highest BCUT2D eigenvalue weighted by Crippen LogP contribution is 2.15. The van der Waals surface area contributed by atoms with Gasteiger partial charge in [0.15, 0.2) is 11.2 Å². The molecule has 0 unspecified atom stereocenters. The molecule has 120 valence electrons. The highest BCUT2D eigenvalue weighted by molar-refractivity contribution is 5.97. The van der Waals surface area contributed by atoms with Crippen LogP contribution in [0.5, 0.6) is 0 Å². The van der Waals surface area contributed by atoms with Gasteiger partial charge in [0.2, 0.25) is 0 Å². The predicted octanol–water partition coefficient (Wildman–Crippen LogP) is 3.21. The number of nitrogens with zero attached hydrogens (tertiary/aromatic N) is 1. The third-order valence-corrected chi connectivity index (χ3v) is 3.88. The van der Waals surface area contributed by atoms with Crippen molar-refractivity contribution in [2.24, 2.45) is 0 Å². The van der Waals surface area contributed by atoms with E-state index in [4.69, 9.17) is 0 Å². The SMILES string of the molecule is C=CCN(CC=C)Cc1c(C)[nH]c2ccc(C(C)=O)cc2c1=O. The van der Waals surface area contributed by atoms with E-state index in [1.54, 1.807) is 18.2 Å². The zero-order valence-corrected chi connectivity index (χ0v) is 13.7. The van der Waals surface area contributed by atoms with E-state index in [-0.39, 0.29) is 11.2 Å². The molecule has 1 aromatic heterocycles. The van der Waals surface area contributed by atoms with Gasteiger partial charge < -0.3 is 4.98 Å². The van der Waals surface area contributed by atoms with Crippen molar-refractivity contribution in [1.82, 2.24) is 9.88 Å². The molecular weight excluding hydrogens is 288 g/mol. The maximum Gasteiger partial charge on any atom is 0.194 e. The smallest absolute Gasteiger partial charge is 0.194 e. The number of rotatable bonds is 7. The lowest BCUT2D eigenvalue weighted by molar-refractivity contribution is 0.101. The number of Topliss-reactive ketones (excluding diaryl/α,β-unsaturated/α-hetero) is 1. The molecule has 0 aliphatic rings. The fourth-order valence-corrected chi connectivity index (χ4v) is 2.65. The Kier molecular flexibility index (Phi) is 5.29. The summed E-state index contributed by atoms with van der Waals surface area (Å²) in [6.07, 6.45) is 3.61. The summed E-state index contributed by atoms with van der Waals surface area (Å²) in [4.78, 5) is 29.8. The molecule has 0 bridgehead atoms. The quantitative estimate of drug-likeness (QED) is 0.631. The second-order valence-corrected chi connectivity index (χ2v) is 5.65. The Hall–Kier alpha value is -2.46. The summed E-state index contributed by atoms with van der Waals surface area (Å²) < 4.78 is 0. The van der Waals surface area contributed by atoms with Gasteiger partial charge in [-0.1, -0.05) is 12.2 Å². The first-order valence-corrected chi connectivity index (χ1v) is 7.58. The van der Waals surface area contributed by atoms with Crippen LogP contribution >= 0.6 is 0 Å². The molecule has 0 aliphatic carbocycles. The number of benzene rings is 1. The van der Waals surface area contributed by atoms with Crippen LogP contribution in [0.25, 0.3) is 10.9 Å². The van der Waals surface area contributed by atoms with Gasteiger partial charge in [-0.15, -0.1) is 13.2 Å². The summed E-state index contributed by atoms with van der Waals surface area (Å²) in [6, 6.07) is 5.20. The van der Waals surface area contributed by atoms with Crippen LogP contribution in [0.3, 0.4) is 0 Å². The number of nitrogens with one attached hydrogen (secondary N) is 1. The molecule has 0 saturated carbocycles. The van der Waals surface area contributed by atoms with E-state index >= 15 is 0 Å². The Balaban J connectivity index is 2.54. The van der Waals surface area contributed by atoms with Crippen molar-refractivity contribution >= 4 is 16.7 Å². The van der Waals surface area contributed by atoms with E-state index in [1.807, 2.05) is 19.1 Å². The summed E-state index contributed by atoms with van der Waals surface area (Å²) in [5, 5.41) is 0.551. The number of carbonyl (C=O) groups is 1. The number of fused-ring (bicyclic) bond motifs is 1. The summed E-state index contributed by atoms with van der Waals surface area (Å²) in [6.45, 7) is 12.8. The van der Waals surface area contributed by atoms with Crippen molar-refractivity contribution in [2.45, 2.75) is 20.4 Å². The lowest BCUT2D eigenvalue weighted by Gasteiger charge is -2.20. The minimum absolute atomic E-state index is 0.0301. The van der Waals surface area contributed by atoms with Gasteiger partial charge in [-0.05, 0) is 32.0 Å². The molecule has 4 nitrogen and oxygen atoms in total. The molecule has 0 spiro atoms. The molecule has 0 aliphatic heterocycles. The third kappa shape index (κ3) is 3.66. The summed E-state index contributed by atoms with van der Waals surface area (Å²) in [5.74, 6) is -0.0478. The van der Waals surface area contributed by atoms with Gasteiger partial charge in [0.1, 0.15) is 0 Å². The molecule has 0 amide bonds. The molecule has 2 aromatic rings. The standard InChI is InChI=1S/C19H22N2O2/c1-5-9-21(10-6-2)12-17-13(3)20-18-8-7-15(14(4)22)11-16(18)19(17)23/h5-8,11H,1-2,9-10,12H2,3-4H3,(H,20,23). The number of aromatic nitrogens is 1. The van der Waals surface area contributed by atoms with Crippen LogP contribution in [0.2, 0.25) is 0 Å². The molecule has 1 aromatic carbocycles. The van der Waals surface area contributed by atoms with Gasteiger partial charge in [0.25, 0.3) is 0 Å². The van der Waals surface area contributed by atoms with Crippen molar-refractivity contribution in [1.29, 1.82) is 0 Å². The number of hydrogen-bond acceptors (Lipinski definition) is 3. The second kappa shape index (κ2) is 7.20. The largest absolute Gasteiger partial charge is 0.358 e. The van der Waals surface area contributed by atoms with E-state index in [1.165, 1.54) is 6.92 Å². The average molecular weight is 310 g/mol. The predicted molar refractivity (Wildman–Crippen MR) is 95.0 cm³/mol. The van der Waals surface area contributed by atoms with Crippen LogP contribution in [-0.4, -0.2) is 28.8 Å². The minimum atomic E-state index is -0.0478. The van der Waals surface area contributed by atoms with Crippen LogP contribution in [0, 0.1) is 6.92 Å². The maximum absolute atomic E-state index is 12.9. The molecule has 0 radical (unpaired) electrons. The molecule has 0 saturated heterocycles. The molecule has 2 rings (SSSR count). The number of aryl methyl sites for hydroxylation is 1. The van der Waals surface area contributed by atoms with Crippen LogP contribution in [0.1, 0.15) is 28.5 Å². The summed E-state index contributed by atoms with van der Waals surface area (Å²) in [7, 11) is 0. The first kappa shape index (κ1) is 16.9. The fraction of sp³-hybridized carbons (Fsp3) is 0.263. The van der Waals surface area contributed by atoms with Crippen molar-refractivity contribution in [3.8, 4) is 0 Å². The zero-order valence-electron chi connectivity index (χ0n) is 13.7. The zero-order chi connectivity index (χ0) is 17.0. The number of hydrogen-bond donors (Lipinski definition) is 1. The van der Waals surface area contributed by atoms with Gasteiger partial charge in [-0.3, -0.25) is 14.5 Å². The number of aromatic amines is 1. The topological polar surface area (TPSA) is 53.2 Å². The van der Waals surface area contributed by atoms with Gasteiger partial charge in [0, 0.05) is 47.4 Å². The first-order valence-electron chi connectivity index (χ1n) is 7.58. The van der Waals surface area contributed by atoms with Gasteiger partial charge in [0.05, 0.1) is 0 Å². The third-order valence-electron chi connectivity index (χ3n) is 3.88. The molecule has 23 heavy (non-hydrogen) atoms. The van der Waals surface area contributed by atoms with Gasteiger partial charge in [-0.2, -0.15) is 0 Å². The van der Waals surface area contributed by atoms with Crippen LogP contribution in [0.15, 0.2) is 48.3 Å². The van der Waals surface area contributed by atoms with Gasteiger partial charge in [-0.25, -0.2) is 0 Å². The van der Waals surface area contributed by atoms with E-state index in [9.17, 15) is 9.59 Å². The van der Waals surface area contributed by atoms with Crippen LogP contribution in [0.4, 0.5) is 0 Å². The Morgan fingerprint density at radius 3 is 2.48 bits per heavy atom. The number of ketones is 1. The molecule has 4 heteroatoms. The molecule has 1 N–H and O–H groups in total. The van der Waals surface area contributed by atoms with E-state index in [2.05, 4.69) is 23.0 Å². The molecule has 1 heterocycles. The monoisotopic (exact) mass is 310 g/mol. The van der Waals surface area contributed by atoms with Crippen molar-refractivity contribution in [2.75, 3.05) is 13.1 Å². The Bertz CT molecular complexity index is 808. The van der Waals surface area contributed by atoms with Crippen LogP contribution in [-0.2, 0) is 6.54 Å². The minimum Gasteiger partial charge on any atom is -0.358 e. The van der Waals surface area contributed by atoms with Gasteiger partial charge >= 0.3 is 0 Å². The Morgan fingerprint density at radius 1 is 1.26 bits per heavy atom. The number of pyridine rings is 1. The normalized spacial score (nSPS) is 10.9. The second-order valence-electron chi connectivity index (χ2n) is 5.65. The van der Waals surface area contributed by atoms with Crippen molar-refractivity contribution < 1.29 is 4.79 Å². The Labute approximate surface area is 136 Å². The van der Waals surface area contributed by atoms with E-state index in [0.717, 1.165) is 11.2 Å². The van der Waals surface area contributed by atoms with E-state index in [0.29, 0.717) is 36.1 Å². The van der Waals surface area contributed by atoms with E-state index < -0.39 is 0 Å². The lowest BCUT2D eigenvalue weighted by atomic mass is 10.0. The summed E-state index contributed by atoms with van der Waals surface area (Å²) in [5.41, 5.74) is 2.82. The first-order chi connectivity index (χ1) is 11.0. The molecule has 0 atom stereocenters. The highest BCUT2D eigenvalue weighted by Gasteiger charge is 2.13. The van der Waals surface area contributed by atoms with Crippen molar-refractivity contribution in [3.63, 3.8) is 0 Å². The number of carbonyl (C=O) groups excluding carboxylic acids is 1. The lowest BCUT2D eigenvalue weighted by Crippen LogP contribution is -2.28. The van der Waals surface area contributed by atoms with Crippen molar-refractivity contribution in [3.05, 3.63) is 70.6 Å². The van der Waals surface area contributed by atoms with Crippen LogP contribution < -0.4 is 5.43 Å². The fourth-order valence-electron chi connectivity index (χ4n) is 2.65. The molecular formula is C19H22N2O2. The number of H-pyrrole nitrogens is 1. The summed E-state index contributed by atoms with van der Waals surface area (Å²) >= 11 is 0. The molecule has 0 fully saturated rings. The maximum atomic E-state index is 12.9. The average Bonchev–Trinajstić information content (AvgIpc) is 2.51. The Morgan fingerprint density at radius 2 is 1.91 bits per heavy atom. The highest BCUT2D eigenvalue weighted by atomic mass is 16.1.